The highest BCUT2D eigenvalue weighted by Gasteiger charge is 2.52. The number of rotatable bonds is 0. The van der Waals surface area contributed by atoms with Crippen LogP contribution < -0.4 is 5.56 Å². The van der Waals surface area contributed by atoms with Crippen LogP contribution in [-0.4, -0.2) is 39.2 Å². The van der Waals surface area contributed by atoms with Crippen molar-refractivity contribution in [2.45, 2.75) is 64.5 Å². The minimum absolute atomic E-state index is 0.00905. The molecule has 1 saturated carbocycles. The highest BCUT2D eigenvalue weighted by Crippen LogP contribution is 2.56. The number of nitrogens with zero attached hydrogens (tertiary/aromatic N) is 3. The van der Waals surface area contributed by atoms with Gasteiger partial charge in [0, 0.05) is 30.6 Å². The molecular weight excluding hydrogens is 402 g/mol. The molecule has 0 N–H and O–H groups in total. The Bertz CT molecular complexity index is 1090. The van der Waals surface area contributed by atoms with Crippen molar-refractivity contribution in [2.75, 3.05) is 13.1 Å². The summed E-state index contributed by atoms with van der Waals surface area (Å²) in [4.78, 5) is 32.9. The van der Waals surface area contributed by atoms with E-state index in [9.17, 15) is 9.59 Å². The molecule has 5 rings (SSSR count). The summed E-state index contributed by atoms with van der Waals surface area (Å²) in [6.45, 7) is 7.75. The zero-order valence-electron chi connectivity index (χ0n) is 17.8. The Morgan fingerprint density at radius 2 is 2.10 bits per heavy atom. The van der Waals surface area contributed by atoms with Crippen LogP contribution in [0.3, 0.4) is 0 Å². The molecule has 1 aromatic carbocycles. The number of carbonyl (C=O) groups excluding carboxylic acids is 1. The van der Waals surface area contributed by atoms with Gasteiger partial charge < -0.3 is 9.64 Å². The van der Waals surface area contributed by atoms with Crippen LogP contribution in [0.25, 0.3) is 10.9 Å². The van der Waals surface area contributed by atoms with E-state index < -0.39 is 5.60 Å². The number of piperidine rings is 1. The van der Waals surface area contributed by atoms with Gasteiger partial charge in [-0.2, -0.15) is 0 Å². The average molecular weight is 430 g/mol. The molecule has 6 nitrogen and oxygen atoms in total. The van der Waals surface area contributed by atoms with Gasteiger partial charge in [0.25, 0.3) is 5.56 Å². The van der Waals surface area contributed by atoms with E-state index in [0.717, 1.165) is 37.0 Å². The number of aromatic nitrogens is 2. The molecule has 2 aromatic rings. The van der Waals surface area contributed by atoms with E-state index in [2.05, 4.69) is 0 Å². The van der Waals surface area contributed by atoms with Crippen molar-refractivity contribution in [3.63, 3.8) is 0 Å². The fourth-order valence-corrected chi connectivity index (χ4v) is 5.96. The highest BCUT2D eigenvalue weighted by atomic mass is 35.5. The molecule has 3 atom stereocenters. The van der Waals surface area contributed by atoms with Gasteiger partial charge in [-0.05, 0) is 76.0 Å². The number of ether oxygens (including phenoxy) is 1. The lowest BCUT2D eigenvalue weighted by Gasteiger charge is -2.46. The first-order chi connectivity index (χ1) is 14.2. The van der Waals surface area contributed by atoms with Crippen LogP contribution in [-0.2, 0) is 11.3 Å². The molecule has 1 spiro atoms. The number of amides is 1. The predicted molar refractivity (Wildman–Crippen MR) is 116 cm³/mol. The van der Waals surface area contributed by atoms with Crippen molar-refractivity contribution in [3.8, 4) is 0 Å². The fraction of sp³-hybridized carbons (Fsp3) is 0.609. The highest BCUT2D eigenvalue weighted by molar-refractivity contribution is 6.31. The number of benzene rings is 1. The van der Waals surface area contributed by atoms with Crippen LogP contribution in [0.5, 0.6) is 0 Å². The molecule has 30 heavy (non-hydrogen) atoms. The van der Waals surface area contributed by atoms with Gasteiger partial charge in [-0.25, -0.2) is 9.78 Å². The second-order valence-corrected chi connectivity index (χ2v) is 10.7. The fourth-order valence-electron chi connectivity index (χ4n) is 5.78. The minimum Gasteiger partial charge on any atom is -0.444 e. The molecule has 2 bridgehead atoms. The Morgan fingerprint density at radius 1 is 1.30 bits per heavy atom. The van der Waals surface area contributed by atoms with Gasteiger partial charge >= 0.3 is 6.09 Å². The van der Waals surface area contributed by atoms with Gasteiger partial charge in [0.05, 0.1) is 10.9 Å². The first kappa shape index (κ1) is 19.9. The molecule has 2 unspecified atom stereocenters. The number of likely N-dealkylation sites (tertiary alicyclic amines) is 1. The van der Waals surface area contributed by atoms with E-state index in [4.69, 9.17) is 21.3 Å². The van der Waals surface area contributed by atoms with Crippen molar-refractivity contribution in [3.05, 3.63) is 39.4 Å². The molecular formula is C23H28ClN3O3. The second-order valence-electron chi connectivity index (χ2n) is 10.2. The van der Waals surface area contributed by atoms with Crippen LogP contribution in [0.15, 0.2) is 23.0 Å². The van der Waals surface area contributed by atoms with Gasteiger partial charge in [0.1, 0.15) is 11.4 Å². The molecule has 3 aliphatic rings. The first-order valence-corrected chi connectivity index (χ1v) is 11.2. The quantitative estimate of drug-likeness (QED) is 0.615. The zero-order valence-corrected chi connectivity index (χ0v) is 18.5. The molecule has 1 aliphatic carbocycles. The number of carbonyl (C=O) groups is 1. The Morgan fingerprint density at radius 3 is 2.87 bits per heavy atom. The monoisotopic (exact) mass is 429 g/mol. The van der Waals surface area contributed by atoms with E-state index in [0.29, 0.717) is 36.0 Å². The number of hydrogen-bond donors (Lipinski definition) is 0. The predicted octanol–water partition coefficient (Wildman–Crippen LogP) is 4.57. The van der Waals surface area contributed by atoms with E-state index in [1.807, 2.05) is 36.3 Å². The zero-order chi connectivity index (χ0) is 21.3. The molecule has 1 aromatic heterocycles. The van der Waals surface area contributed by atoms with Gasteiger partial charge in [-0.3, -0.25) is 9.36 Å². The lowest BCUT2D eigenvalue weighted by Crippen LogP contribution is -2.52. The summed E-state index contributed by atoms with van der Waals surface area (Å²) < 4.78 is 7.54. The summed E-state index contributed by atoms with van der Waals surface area (Å²) in [5.41, 5.74) is 0.262. The summed E-state index contributed by atoms with van der Waals surface area (Å²) in [5.74, 6) is 1.52. The van der Waals surface area contributed by atoms with Crippen LogP contribution in [0, 0.1) is 11.3 Å². The summed E-state index contributed by atoms with van der Waals surface area (Å²) in [6, 6.07) is 5.36. The largest absolute Gasteiger partial charge is 0.444 e. The maximum atomic E-state index is 13.3. The van der Waals surface area contributed by atoms with Crippen LogP contribution >= 0.6 is 11.6 Å². The van der Waals surface area contributed by atoms with E-state index in [1.165, 1.54) is 0 Å². The van der Waals surface area contributed by atoms with E-state index in [-0.39, 0.29) is 23.0 Å². The molecule has 3 heterocycles. The average Bonchev–Trinajstić information content (AvgIpc) is 3.01. The van der Waals surface area contributed by atoms with Crippen LogP contribution in [0.2, 0.25) is 5.02 Å². The summed E-state index contributed by atoms with van der Waals surface area (Å²) in [5, 5.41) is 1.14. The van der Waals surface area contributed by atoms with E-state index in [1.54, 1.807) is 12.1 Å². The number of fused-ring (bicyclic) bond motifs is 4. The van der Waals surface area contributed by atoms with Crippen LogP contribution in [0.1, 0.15) is 58.2 Å². The third-order valence-corrected chi connectivity index (χ3v) is 7.36. The van der Waals surface area contributed by atoms with Gasteiger partial charge in [-0.1, -0.05) is 11.6 Å². The molecule has 1 amide bonds. The van der Waals surface area contributed by atoms with Crippen molar-refractivity contribution in [2.24, 2.45) is 11.3 Å². The lowest BCUT2D eigenvalue weighted by molar-refractivity contribution is -0.0145. The summed E-state index contributed by atoms with van der Waals surface area (Å²) >= 11 is 6.14. The normalized spacial score (nSPS) is 28.1. The summed E-state index contributed by atoms with van der Waals surface area (Å²) in [6.07, 6.45) is 3.70. The standard InChI is InChI=1S/C23H28ClN3O3/c1-22(2,3)30-21(29)26-9-7-15-12-27-19(14-6-8-23(15,11-14)13-26)25-18-5-4-16(24)10-17(18)20(27)28/h4-5,10,14-15H,6-9,11-13H2,1-3H3/t14?,15-,23?/m0/s1. The summed E-state index contributed by atoms with van der Waals surface area (Å²) in [7, 11) is 0. The third kappa shape index (κ3) is 3.20. The number of hydrogen-bond acceptors (Lipinski definition) is 4. The maximum absolute atomic E-state index is 13.3. The van der Waals surface area contributed by atoms with Crippen LogP contribution in [0.4, 0.5) is 4.79 Å². The molecule has 160 valence electrons. The van der Waals surface area contributed by atoms with Crippen molar-refractivity contribution >= 4 is 28.6 Å². The first-order valence-electron chi connectivity index (χ1n) is 10.8. The van der Waals surface area contributed by atoms with Crippen molar-refractivity contribution in [1.82, 2.24) is 14.5 Å². The Hall–Kier alpha value is -2.08. The van der Waals surface area contributed by atoms with Gasteiger partial charge in [0.15, 0.2) is 0 Å². The van der Waals surface area contributed by atoms with Gasteiger partial charge in [-0.15, -0.1) is 0 Å². The topological polar surface area (TPSA) is 64.4 Å². The van der Waals surface area contributed by atoms with E-state index >= 15 is 0 Å². The van der Waals surface area contributed by atoms with Crippen molar-refractivity contribution in [1.29, 1.82) is 0 Å². The van der Waals surface area contributed by atoms with Crippen molar-refractivity contribution < 1.29 is 9.53 Å². The molecule has 2 aliphatic heterocycles. The lowest BCUT2D eigenvalue weighted by atomic mass is 9.69. The second kappa shape index (κ2) is 6.71. The molecule has 1 saturated heterocycles. The number of halogens is 1. The molecule has 2 fully saturated rings. The minimum atomic E-state index is -0.498. The maximum Gasteiger partial charge on any atom is 0.410 e. The smallest absolute Gasteiger partial charge is 0.410 e. The van der Waals surface area contributed by atoms with Gasteiger partial charge in [0.2, 0.25) is 0 Å². The third-order valence-electron chi connectivity index (χ3n) is 7.13. The SMILES string of the molecule is CC(C)(C)OC(=O)N1CC[C@H]2Cn3c(nc4ccc(Cl)cc4c3=O)C3CCC2(C3)C1. The molecule has 7 heteroatoms. The Balaban J connectivity index is 1.51. The molecule has 0 radical (unpaired) electrons. The Kier molecular flexibility index (Phi) is 4.44. The Labute approximate surface area is 181 Å².